The lowest BCUT2D eigenvalue weighted by Crippen LogP contribution is -2.68. The normalized spacial score (nSPS) is 25.1. The predicted molar refractivity (Wildman–Crippen MR) is 168 cm³/mol. The number of carbonyl (C=O) groups is 1. The maximum Gasteiger partial charge on any atom is 0.326 e. The standard InChI is InChI=1S/C34H33F2N5O7/c1-19-34(17-44-18-34)46-12-10-40(19)24-13-20(8-9-21-5-4-11-45-21)15-37-32(24)47-22-14-25(33(42)43)41(16-22)31-28-27(38-30(39-31)29(35)36)23-6-2-3-7-26(23)48-28/h2-3,6-7,13,15,19,21-22,25,29H,4-5,10-12,14,16-18H2,1H3,(H,42,43)/t19-,21+,22-,25-/m0/s1. The van der Waals surface area contributed by atoms with Crippen LogP contribution in [0.15, 0.2) is 40.9 Å². The van der Waals surface area contributed by atoms with Crippen LogP contribution in [-0.2, 0) is 19.0 Å². The van der Waals surface area contributed by atoms with Gasteiger partial charge in [-0.25, -0.2) is 28.5 Å². The number of hydrogen-bond donors (Lipinski definition) is 1. The summed E-state index contributed by atoms with van der Waals surface area (Å²) in [6, 6.07) is 7.63. The summed E-state index contributed by atoms with van der Waals surface area (Å²) in [7, 11) is 0. The SMILES string of the molecule is C[C@@H]1N(c2cc(C#C[C@H]3CCCO3)cnc2O[C@H]2C[C@@H](C(=O)O)N(c3nc(C(F)F)nc4c3oc3ccccc34)C2)CCOC12COC2. The molecule has 4 aliphatic heterocycles. The molecule has 1 N–H and O–H groups in total. The van der Waals surface area contributed by atoms with Crippen LogP contribution in [0.2, 0.25) is 0 Å². The summed E-state index contributed by atoms with van der Waals surface area (Å²) < 4.78 is 58.0. The van der Waals surface area contributed by atoms with Crippen molar-refractivity contribution in [1.82, 2.24) is 15.0 Å². The van der Waals surface area contributed by atoms with E-state index in [0.717, 1.165) is 12.8 Å². The van der Waals surface area contributed by atoms with Crippen LogP contribution in [0, 0.1) is 11.8 Å². The second kappa shape index (κ2) is 12.1. The van der Waals surface area contributed by atoms with Gasteiger partial charge in [0.1, 0.15) is 40.6 Å². The van der Waals surface area contributed by atoms with Crippen molar-refractivity contribution >= 4 is 39.5 Å². The fraction of sp³-hybridized carbons (Fsp3) is 0.471. The lowest BCUT2D eigenvalue weighted by Gasteiger charge is -2.53. The fourth-order valence-electron chi connectivity index (χ4n) is 6.96. The highest BCUT2D eigenvalue weighted by Gasteiger charge is 2.50. The molecule has 0 bridgehead atoms. The highest BCUT2D eigenvalue weighted by Crippen LogP contribution is 2.41. The molecule has 8 rings (SSSR count). The third kappa shape index (κ3) is 5.35. The zero-order valence-electron chi connectivity index (χ0n) is 26.1. The molecule has 3 aromatic heterocycles. The Morgan fingerprint density at radius 3 is 2.79 bits per heavy atom. The molecule has 14 heteroatoms. The van der Waals surface area contributed by atoms with Crippen molar-refractivity contribution in [2.24, 2.45) is 0 Å². The lowest BCUT2D eigenvalue weighted by atomic mass is 9.90. The van der Waals surface area contributed by atoms with E-state index in [1.54, 1.807) is 30.5 Å². The highest BCUT2D eigenvalue weighted by atomic mass is 19.3. The molecule has 4 saturated heterocycles. The first kappa shape index (κ1) is 30.7. The second-order valence-electron chi connectivity index (χ2n) is 12.6. The molecule has 1 spiro atoms. The average molecular weight is 662 g/mol. The first-order valence-corrected chi connectivity index (χ1v) is 16.0. The molecule has 48 heavy (non-hydrogen) atoms. The van der Waals surface area contributed by atoms with Gasteiger partial charge in [0.15, 0.2) is 17.2 Å². The molecule has 0 unspecified atom stereocenters. The minimum atomic E-state index is -2.98. The number of furan rings is 1. The van der Waals surface area contributed by atoms with Crippen molar-refractivity contribution in [2.75, 3.05) is 49.3 Å². The average Bonchev–Trinajstić information content (AvgIpc) is 3.82. The summed E-state index contributed by atoms with van der Waals surface area (Å²) in [4.78, 5) is 29.1. The summed E-state index contributed by atoms with van der Waals surface area (Å²) >= 11 is 0. The topological polar surface area (TPSA) is 133 Å². The highest BCUT2D eigenvalue weighted by molar-refractivity contribution is 6.06. The van der Waals surface area contributed by atoms with Crippen LogP contribution >= 0.6 is 0 Å². The van der Waals surface area contributed by atoms with Crippen molar-refractivity contribution in [1.29, 1.82) is 0 Å². The molecule has 12 nitrogen and oxygen atoms in total. The van der Waals surface area contributed by atoms with Crippen molar-refractivity contribution in [3.8, 4) is 17.7 Å². The van der Waals surface area contributed by atoms with Crippen LogP contribution in [0.1, 0.15) is 44.0 Å². The molecular formula is C34H33F2N5O7. The first-order chi connectivity index (χ1) is 23.3. The third-order valence-corrected chi connectivity index (χ3v) is 9.60. The minimum Gasteiger partial charge on any atom is -0.480 e. The Morgan fingerprint density at radius 2 is 2.04 bits per heavy atom. The monoisotopic (exact) mass is 661 g/mol. The number of hydrogen-bond acceptors (Lipinski definition) is 11. The summed E-state index contributed by atoms with van der Waals surface area (Å²) in [5, 5.41) is 10.8. The number of aliphatic carboxylic acids is 1. The molecule has 4 aliphatic rings. The summed E-state index contributed by atoms with van der Waals surface area (Å²) in [6.45, 7) is 4.79. The molecule has 4 aromatic rings. The van der Waals surface area contributed by atoms with Gasteiger partial charge in [-0.05, 0) is 38.0 Å². The molecule has 0 amide bonds. The Kier molecular flexibility index (Phi) is 7.77. The molecule has 250 valence electrons. The van der Waals surface area contributed by atoms with Crippen LogP contribution in [-0.4, -0.2) is 95.4 Å². The van der Waals surface area contributed by atoms with Gasteiger partial charge in [-0.3, -0.25) is 0 Å². The number of benzene rings is 1. The number of aromatic nitrogens is 3. The molecule has 0 saturated carbocycles. The number of morpholine rings is 1. The van der Waals surface area contributed by atoms with Crippen LogP contribution in [0.3, 0.4) is 0 Å². The quantitative estimate of drug-likeness (QED) is 0.295. The Bertz CT molecular complexity index is 1930. The van der Waals surface area contributed by atoms with E-state index in [1.165, 1.54) is 4.90 Å². The number of carboxylic acids is 1. The Balaban J connectivity index is 1.14. The van der Waals surface area contributed by atoms with Gasteiger partial charge >= 0.3 is 5.97 Å². The van der Waals surface area contributed by atoms with Crippen molar-refractivity contribution < 1.29 is 42.0 Å². The maximum absolute atomic E-state index is 14.0. The number of nitrogens with zero attached hydrogens (tertiary/aromatic N) is 5. The second-order valence-corrected chi connectivity index (χ2v) is 12.6. The van der Waals surface area contributed by atoms with Crippen molar-refractivity contribution in [3.05, 3.63) is 47.9 Å². The minimum absolute atomic E-state index is 0.0216. The number of pyridine rings is 1. The van der Waals surface area contributed by atoms with Gasteiger partial charge < -0.3 is 38.3 Å². The largest absolute Gasteiger partial charge is 0.480 e. The van der Waals surface area contributed by atoms with Gasteiger partial charge in [0.05, 0.1) is 32.4 Å². The number of anilines is 2. The summed E-state index contributed by atoms with van der Waals surface area (Å²) in [5.74, 6) is 4.81. The van der Waals surface area contributed by atoms with Crippen LogP contribution in [0.25, 0.3) is 22.1 Å². The van der Waals surface area contributed by atoms with E-state index in [-0.39, 0.29) is 42.0 Å². The van der Waals surface area contributed by atoms with Gasteiger partial charge in [-0.2, -0.15) is 0 Å². The molecule has 7 heterocycles. The molecule has 4 fully saturated rings. The van der Waals surface area contributed by atoms with E-state index in [4.69, 9.17) is 23.4 Å². The predicted octanol–water partition coefficient (Wildman–Crippen LogP) is 4.34. The zero-order valence-corrected chi connectivity index (χ0v) is 26.1. The Labute approximate surface area is 273 Å². The van der Waals surface area contributed by atoms with Gasteiger partial charge in [0, 0.05) is 36.7 Å². The molecule has 1 aromatic carbocycles. The Morgan fingerprint density at radius 1 is 1.19 bits per heavy atom. The van der Waals surface area contributed by atoms with Gasteiger partial charge in [0.25, 0.3) is 6.43 Å². The van der Waals surface area contributed by atoms with Gasteiger partial charge in [-0.1, -0.05) is 24.0 Å². The molecular weight excluding hydrogens is 628 g/mol. The smallest absolute Gasteiger partial charge is 0.326 e. The number of ether oxygens (including phenoxy) is 4. The first-order valence-electron chi connectivity index (χ1n) is 16.0. The summed E-state index contributed by atoms with van der Waals surface area (Å²) in [6.07, 6.45) is -0.246. The number of fused-ring (bicyclic) bond motifs is 3. The van der Waals surface area contributed by atoms with E-state index >= 15 is 0 Å². The van der Waals surface area contributed by atoms with Crippen LogP contribution in [0.4, 0.5) is 20.3 Å². The maximum atomic E-state index is 14.0. The fourth-order valence-corrected chi connectivity index (χ4v) is 6.96. The summed E-state index contributed by atoms with van der Waals surface area (Å²) in [5.41, 5.74) is 1.69. The van der Waals surface area contributed by atoms with E-state index in [0.29, 0.717) is 61.1 Å². The third-order valence-electron chi connectivity index (χ3n) is 9.60. The number of halogens is 2. The molecule has 0 radical (unpaired) electrons. The van der Waals surface area contributed by atoms with E-state index < -0.39 is 36.0 Å². The number of alkyl halides is 2. The van der Waals surface area contributed by atoms with E-state index in [1.807, 2.05) is 6.07 Å². The lowest BCUT2D eigenvalue weighted by molar-refractivity contribution is -0.228. The number of para-hydroxylation sites is 1. The zero-order chi connectivity index (χ0) is 33.0. The van der Waals surface area contributed by atoms with Crippen molar-refractivity contribution in [2.45, 2.75) is 62.5 Å². The molecule has 4 atom stereocenters. The van der Waals surface area contributed by atoms with Crippen LogP contribution < -0.4 is 14.5 Å². The van der Waals surface area contributed by atoms with Crippen molar-refractivity contribution in [3.63, 3.8) is 0 Å². The number of carboxylic acid groups (broad SMARTS) is 1. The molecule has 0 aliphatic carbocycles. The van der Waals surface area contributed by atoms with E-state index in [9.17, 15) is 18.7 Å². The van der Waals surface area contributed by atoms with E-state index in [2.05, 4.69) is 38.6 Å². The van der Waals surface area contributed by atoms with Gasteiger partial charge in [0.2, 0.25) is 5.88 Å². The van der Waals surface area contributed by atoms with Gasteiger partial charge in [-0.15, -0.1) is 0 Å². The van der Waals surface area contributed by atoms with Crippen LogP contribution in [0.5, 0.6) is 5.88 Å². The number of rotatable bonds is 6. The Hall–Kier alpha value is -4.58.